The number of aryl methyl sites for hydroxylation is 1. The number of tetrazole rings is 1. The van der Waals surface area contributed by atoms with E-state index in [0.717, 1.165) is 13.1 Å². The molecule has 0 unspecified atom stereocenters. The second kappa shape index (κ2) is 7.07. The molecule has 0 aromatic carbocycles. The van der Waals surface area contributed by atoms with Crippen molar-refractivity contribution in [1.82, 2.24) is 40.4 Å². The zero-order valence-corrected chi connectivity index (χ0v) is 14.9. The molecule has 4 heterocycles. The number of aromatic amines is 1. The van der Waals surface area contributed by atoms with Crippen LogP contribution in [0.4, 0.5) is 11.6 Å². The van der Waals surface area contributed by atoms with Gasteiger partial charge in [0.1, 0.15) is 0 Å². The average molecular weight is 370 g/mol. The van der Waals surface area contributed by atoms with Gasteiger partial charge < -0.3 is 15.0 Å². The van der Waals surface area contributed by atoms with Crippen molar-refractivity contribution >= 4 is 17.5 Å². The van der Waals surface area contributed by atoms with Crippen LogP contribution in [-0.4, -0.2) is 72.6 Å². The van der Waals surface area contributed by atoms with Gasteiger partial charge in [-0.3, -0.25) is 4.79 Å². The number of morpholine rings is 1. The van der Waals surface area contributed by atoms with E-state index in [2.05, 4.69) is 41.0 Å². The van der Waals surface area contributed by atoms with E-state index >= 15 is 0 Å². The van der Waals surface area contributed by atoms with Crippen LogP contribution in [0.3, 0.4) is 0 Å². The van der Waals surface area contributed by atoms with Crippen LogP contribution in [0.1, 0.15) is 21.7 Å². The SMILES string of the molecule is Cc1nn(-c2nn[nH]n2)c(C)c1NC(=O)c1cnc(N2CCOCC2)nc1. The van der Waals surface area contributed by atoms with Crippen molar-refractivity contribution in [2.75, 3.05) is 36.5 Å². The Hall–Kier alpha value is -3.41. The number of carbonyl (C=O) groups excluding carboxylic acids is 1. The van der Waals surface area contributed by atoms with Gasteiger partial charge in [-0.15, -0.1) is 5.10 Å². The van der Waals surface area contributed by atoms with Gasteiger partial charge in [0.2, 0.25) is 5.95 Å². The number of nitrogens with zero attached hydrogens (tertiary/aromatic N) is 8. The number of nitrogens with one attached hydrogen (secondary N) is 2. The minimum absolute atomic E-state index is 0.300. The summed E-state index contributed by atoms with van der Waals surface area (Å²) in [6, 6.07) is 0. The first-order chi connectivity index (χ1) is 13.1. The second-order valence-corrected chi connectivity index (χ2v) is 5.99. The van der Waals surface area contributed by atoms with Gasteiger partial charge >= 0.3 is 0 Å². The van der Waals surface area contributed by atoms with Gasteiger partial charge in [0.15, 0.2) is 0 Å². The van der Waals surface area contributed by atoms with E-state index in [4.69, 9.17) is 4.74 Å². The lowest BCUT2D eigenvalue weighted by atomic mass is 10.2. The minimum Gasteiger partial charge on any atom is -0.378 e. The smallest absolute Gasteiger partial charge is 0.290 e. The molecular weight excluding hydrogens is 352 g/mol. The van der Waals surface area contributed by atoms with E-state index in [0.29, 0.717) is 47.7 Å². The molecule has 1 fully saturated rings. The van der Waals surface area contributed by atoms with E-state index in [1.807, 2.05) is 11.8 Å². The number of amides is 1. The average Bonchev–Trinajstić information content (AvgIpc) is 3.33. The largest absolute Gasteiger partial charge is 0.378 e. The number of anilines is 2. The molecule has 0 atom stereocenters. The van der Waals surface area contributed by atoms with Crippen molar-refractivity contribution in [3.8, 4) is 5.95 Å². The highest BCUT2D eigenvalue weighted by molar-refractivity contribution is 6.04. The number of rotatable bonds is 4. The predicted molar refractivity (Wildman–Crippen MR) is 93.8 cm³/mol. The molecule has 12 nitrogen and oxygen atoms in total. The normalized spacial score (nSPS) is 14.4. The predicted octanol–water partition coefficient (Wildman–Crippen LogP) is -0.119. The van der Waals surface area contributed by atoms with Crippen LogP contribution in [0.25, 0.3) is 5.95 Å². The summed E-state index contributed by atoms with van der Waals surface area (Å²) in [5, 5.41) is 20.9. The maximum absolute atomic E-state index is 12.6. The van der Waals surface area contributed by atoms with Gasteiger partial charge in [-0.05, 0) is 19.1 Å². The molecule has 0 bridgehead atoms. The molecule has 3 aromatic rings. The number of ether oxygens (including phenoxy) is 1. The van der Waals surface area contributed by atoms with Crippen LogP contribution < -0.4 is 10.2 Å². The van der Waals surface area contributed by atoms with Crippen LogP contribution in [0.5, 0.6) is 0 Å². The van der Waals surface area contributed by atoms with Gasteiger partial charge in [-0.2, -0.15) is 15.0 Å². The third-order valence-electron chi connectivity index (χ3n) is 4.25. The first-order valence-electron chi connectivity index (χ1n) is 8.39. The van der Waals surface area contributed by atoms with Crippen molar-refractivity contribution in [2.45, 2.75) is 13.8 Å². The fraction of sp³-hybridized carbons (Fsp3) is 0.400. The maximum Gasteiger partial charge on any atom is 0.290 e. The Bertz CT molecular complexity index is 928. The quantitative estimate of drug-likeness (QED) is 0.643. The first-order valence-corrected chi connectivity index (χ1v) is 8.39. The van der Waals surface area contributed by atoms with Crippen LogP contribution in [0.2, 0.25) is 0 Å². The van der Waals surface area contributed by atoms with Gasteiger partial charge in [0.25, 0.3) is 11.9 Å². The summed E-state index contributed by atoms with van der Waals surface area (Å²) in [7, 11) is 0. The van der Waals surface area contributed by atoms with Crippen molar-refractivity contribution in [3.63, 3.8) is 0 Å². The summed E-state index contributed by atoms with van der Waals surface area (Å²) in [6.45, 7) is 6.36. The fourth-order valence-electron chi connectivity index (χ4n) is 2.82. The van der Waals surface area contributed by atoms with Crippen LogP contribution >= 0.6 is 0 Å². The molecule has 2 N–H and O–H groups in total. The van der Waals surface area contributed by atoms with Gasteiger partial charge in [-0.25, -0.2) is 9.97 Å². The highest BCUT2D eigenvalue weighted by atomic mass is 16.5. The maximum atomic E-state index is 12.6. The van der Waals surface area contributed by atoms with E-state index in [-0.39, 0.29) is 5.91 Å². The summed E-state index contributed by atoms with van der Waals surface area (Å²) in [4.78, 5) is 23.2. The number of H-pyrrole nitrogens is 1. The summed E-state index contributed by atoms with van der Waals surface area (Å²) >= 11 is 0. The third kappa shape index (κ3) is 3.33. The molecule has 0 spiro atoms. The summed E-state index contributed by atoms with van der Waals surface area (Å²) in [5.41, 5.74) is 2.27. The van der Waals surface area contributed by atoms with Crippen LogP contribution in [0.15, 0.2) is 12.4 Å². The second-order valence-electron chi connectivity index (χ2n) is 5.99. The Labute approximate surface area is 153 Å². The number of hydrogen-bond acceptors (Lipinski definition) is 9. The standard InChI is InChI=1S/C15H18N10O2/c1-9-12(10(2)25(21-9)15-19-22-23-20-15)18-13(26)11-7-16-14(17-8-11)24-3-5-27-6-4-24/h7-8H,3-6H2,1-2H3,(H,18,26)(H,19,20,22,23). The third-order valence-corrected chi connectivity index (χ3v) is 4.25. The monoisotopic (exact) mass is 370 g/mol. The molecule has 1 saturated heterocycles. The van der Waals surface area contributed by atoms with Crippen molar-refractivity contribution in [3.05, 3.63) is 29.3 Å². The highest BCUT2D eigenvalue weighted by Gasteiger charge is 2.19. The van der Waals surface area contributed by atoms with Crippen molar-refractivity contribution in [1.29, 1.82) is 0 Å². The lowest BCUT2D eigenvalue weighted by Crippen LogP contribution is -2.37. The summed E-state index contributed by atoms with van der Waals surface area (Å²) in [6.07, 6.45) is 3.03. The molecule has 1 amide bonds. The van der Waals surface area contributed by atoms with E-state index in [9.17, 15) is 4.79 Å². The Morgan fingerprint density at radius 2 is 1.93 bits per heavy atom. The molecular formula is C15H18N10O2. The number of hydrogen-bond donors (Lipinski definition) is 2. The number of aromatic nitrogens is 8. The zero-order chi connectivity index (χ0) is 18.8. The molecule has 4 rings (SSSR count). The zero-order valence-electron chi connectivity index (χ0n) is 14.9. The topological polar surface area (TPSA) is 140 Å². The molecule has 0 aliphatic carbocycles. The minimum atomic E-state index is -0.317. The van der Waals surface area contributed by atoms with Crippen LogP contribution in [0, 0.1) is 13.8 Å². The Morgan fingerprint density at radius 3 is 2.59 bits per heavy atom. The molecule has 12 heteroatoms. The Balaban J connectivity index is 1.51. The number of carbonyl (C=O) groups is 1. The van der Waals surface area contributed by atoms with E-state index < -0.39 is 0 Å². The van der Waals surface area contributed by atoms with E-state index in [1.165, 1.54) is 17.1 Å². The summed E-state index contributed by atoms with van der Waals surface area (Å²) in [5.74, 6) is 0.573. The van der Waals surface area contributed by atoms with Crippen LogP contribution in [-0.2, 0) is 4.74 Å². The molecule has 0 saturated carbocycles. The lowest BCUT2D eigenvalue weighted by Gasteiger charge is -2.26. The van der Waals surface area contributed by atoms with Gasteiger partial charge in [-0.1, -0.05) is 5.10 Å². The fourth-order valence-corrected chi connectivity index (χ4v) is 2.82. The molecule has 140 valence electrons. The Morgan fingerprint density at radius 1 is 1.19 bits per heavy atom. The molecule has 3 aromatic heterocycles. The van der Waals surface area contributed by atoms with Gasteiger partial charge in [0, 0.05) is 25.5 Å². The molecule has 27 heavy (non-hydrogen) atoms. The molecule has 0 radical (unpaired) electrons. The summed E-state index contributed by atoms with van der Waals surface area (Å²) < 4.78 is 6.82. The van der Waals surface area contributed by atoms with Gasteiger partial charge in [0.05, 0.1) is 35.9 Å². The van der Waals surface area contributed by atoms with E-state index in [1.54, 1.807) is 6.92 Å². The molecule has 1 aliphatic rings. The highest BCUT2D eigenvalue weighted by Crippen LogP contribution is 2.22. The van der Waals surface area contributed by atoms with Crippen molar-refractivity contribution < 1.29 is 9.53 Å². The first kappa shape index (κ1) is 17.0. The molecule has 1 aliphatic heterocycles. The Kier molecular flexibility index (Phi) is 4.46. The lowest BCUT2D eigenvalue weighted by molar-refractivity contribution is 0.102. The van der Waals surface area contributed by atoms with Crippen molar-refractivity contribution in [2.24, 2.45) is 0 Å².